The van der Waals surface area contributed by atoms with E-state index in [1.165, 1.54) is 12.1 Å². The second-order valence-electron chi connectivity index (χ2n) is 3.06. The predicted octanol–water partition coefficient (Wildman–Crippen LogP) is 2.24. The van der Waals surface area contributed by atoms with E-state index in [0.717, 1.165) is 23.8 Å². The van der Waals surface area contributed by atoms with Gasteiger partial charge in [-0.1, -0.05) is 18.2 Å². The minimum Gasteiger partial charge on any atom is -0.314 e. The molecule has 0 aliphatic heterocycles. The third-order valence-electron chi connectivity index (χ3n) is 1.61. The average Bonchev–Trinajstić information content (AvgIpc) is 1.99. The Kier molecular flexibility index (Phi) is 3.11. The highest BCUT2D eigenvalue weighted by Gasteiger charge is 2.32. The summed E-state index contributed by atoms with van der Waals surface area (Å²) in [6.45, 7) is 0. The predicted molar refractivity (Wildman–Crippen MR) is 53.3 cm³/mol. The zero-order valence-electron chi connectivity index (χ0n) is 7.78. The Bertz CT molecular complexity index is 462. The van der Waals surface area contributed by atoms with Gasteiger partial charge in [0.25, 0.3) is 0 Å². The van der Waals surface area contributed by atoms with Crippen molar-refractivity contribution in [2.45, 2.75) is 6.18 Å². The highest BCUT2D eigenvalue weighted by Crippen LogP contribution is 2.31. The van der Waals surface area contributed by atoms with Crippen LogP contribution >= 0.6 is 0 Å². The van der Waals surface area contributed by atoms with Crippen LogP contribution in [0.5, 0.6) is 0 Å². The van der Waals surface area contributed by atoms with Crippen LogP contribution in [0.25, 0.3) is 0 Å². The number of hydrogen-bond donors (Lipinski definition) is 1. The Labute approximate surface area is 85.6 Å². The molecule has 1 atom stereocenters. The van der Waals surface area contributed by atoms with Crippen LogP contribution < -0.4 is 0 Å². The van der Waals surface area contributed by atoms with Crippen LogP contribution in [0.1, 0.15) is 11.1 Å². The molecule has 0 aliphatic carbocycles. The molecule has 2 nitrogen and oxygen atoms in total. The fourth-order valence-corrected chi connectivity index (χ4v) is 1.77. The van der Waals surface area contributed by atoms with Gasteiger partial charge in [0.1, 0.15) is 0 Å². The standard InChI is InChI=1S/C9H9F3O2S/c1-15(13,14)6-7-4-2-3-5-8(7)9(10,11)12/h2-6H,1H3,(H,13,14). The molecular formula is C9H9F3O2S. The summed E-state index contributed by atoms with van der Waals surface area (Å²) in [5, 5.41) is 0.718. The first-order valence-corrected chi connectivity index (χ1v) is 5.91. The number of alkyl halides is 3. The van der Waals surface area contributed by atoms with Crippen LogP contribution in [0.15, 0.2) is 24.3 Å². The van der Waals surface area contributed by atoms with E-state index in [4.69, 9.17) is 4.55 Å². The van der Waals surface area contributed by atoms with Crippen molar-refractivity contribution in [1.82, 2.24) is 0 Å². The van der Waals surface area contributed by atoms with Gasteiger partial charge in [-0.25, -0.2) is 4.21 Å². The largest absolute Gasteiger partial charge is 0.417 e. The van der Waals surface area contributed by atoms with E-state index in [2.05, 4.69) is 0 Å². The summed E-state index contributed by atoms with van der Waals surface area (Å²) in [5.74, 6) is 0. The van der Waals surface area contributed by atoms with Crippen LogP contribution in [-0.2, 0) is 16.0 Å². The normalized spacial score (nSPS) is 15.8. The van der Waals surface area contributed by atoms with Crippen molar-refractivity contribution in [3.8, 4) is 0 Å². The number of rotatable bonds is 1. The molecule has 0 heterocycles. The summed E-state index contributed by atoms with van der Waals surface area (Å²) in [5.41, 5.74) is -1.19. The van der Waals surface area contributed by atoms with Crippen LogP contribution in [0.3, 0.4) is 0 Å². The number of benzene rings is 1. The number of hydrogen-bond acceptors (Lipinski definition) is 1. The Morgan fingerprint density at radius 3 is 2.33 bits per heavy atom. The first kappa shape index (κ1) is 12.1. The van der Waals surface area contributed by atoms with Gasteiger partial charge in [-0.05, 0) is 11.6 Å². The fraction of sp³-hybridized carbons (Fsp3) is 0.222. The van der Waals surface area contributed by atoms with Gasteiger partial charge in [0.2, 0.25) is 0 Å². The van der Waals surface area contributed by atoms with E-state index >= 15 is 0 Å². The van der Waals surface area contributed by atoms with Gasteiger partial charge in [0.15, 0.2) is 0 Å². The molecular weight excluding hydrogens is 229 g/mol. The van der Waals surface area contributed by atoms with E-state index < -0.39 is 21.5 Å². The Balaban J connectivity index is 3.39. The van der Waals surface area contributed by atoms with Gasteiger partial charge in [-0.3, -0.25) is 0 Å². The van der Waals surface area contributed by atoms with E-state index in [1.807, 2.05) is 0 Å². The Morgan fingerprint density at radius 2 is 1.87 bits per heavy atom. The summed E-state index contributed by atoms with van der Waals surface area (Å²) in [6, 6.07) is 4.64. The van der Waals surface area contributed by atoms with Crippen LogP contribution in [0.4, 0.5) is 13.2 Å². The molecule has 1 aromatic carbocycles. The minimum absolute atomic E-state index is 0.278. The quantitative estimate of drug-likeness (QED) is 0.762. The van der Waals surface area contributed by atoms with Crippen LogP contribution in [-0.4, -0.2) is 20.4 Å². The minimum atomic E-state index is -4.52. The molecule has 0 amide bonds. The van der Waals surface area contributed by atoms with Gasteiger partial charge >= 0.3 is 6.18 Å². The van der Waals surface area contributed by atoms with Crippen molar-refractivity contribution in [3.05, 3.63) is 35.4 Å². The zero-order valence-corrected chi connectivity index (χ0v) is 8.60. The molecule has 0 aromatic heterocycles. The monoisotopic (exact) mass is 238 g/mol. The highest BCUT2D eigenvalue weighted by molar-refractivity contribution is 7.95. The van der Waals surface area contributed by atoms with Crippen molar-refractivity contribution in [2.24, 2.45) is 0 Å². The summed E-state index contributed by atoms with van der Waals surface area (Å²) in [4.78, 5) is 0. The van der Waals surface area contributed by atoms with E-state index in [0.29, 0.717) is 0 Å². The average molecular weight is 238 g/mol. The molecule has 6 heteroatoms. The summed E-state index contributed by atoms with van der Waals surface area (Å²) in [7, 11) is -3.33. The maximum absolute atomic E-state index is 12.4. The van der Waals surface area contributed by atoms with E-state index in [9.17, 15) is 17.4 Å². The van der Waals surface area contributed by atoms with Gasteiger partial charge < -0.3 is 4.55 Å². The molecule has 0 spiro atoms. The molecule has 1 rings (SSSR count). The first-order valence-electron chi connectivity index (χ1n) is 3.93. The van der Waals surface area contributed by atoms with Gasteiger partial charge in [0.05, 0.1) is 15.4 Å². The molecule has 0 saturated carbocycles. The molecule has 0 radical (unpaired) electrons. The Hall–Kier alpha value is -1.01. The van der Waals surface area contributed by atoms with Gasteiger partial charge in [0, 0.05) is 11.6 Å². The lowest BCUT2D eigenvalue weighted by Crippen LogP contribution is -2.11. The van der Waals surface area contributed by atoms with Gasteiger partial charge in [-0.2, -0.15) is 13.2 Å². The molecule has 1 N–H and O–H groups in total. The second-order valence-corrected chi connectivity index (χ2v) is 5.02. The third-order valence-corrected chi connectivity index (χ3v) is 2.30. The van der Waals surface area contributed by atoms with Crippen molar-refractivity contribution in [2.75, 3.05) is 6.26 Å². The molecule has 1 unspecified atom stereocenters. The van der Waals surface area contributed by atoms with Gasteiger partial charge in [-0.15, -0.1) is 0 Å². The molecule has 0 saturated heterocycles. The molecule has 0 aliphatic rings. The topological polar surface area (TPSA) is 37.3 Å². The Morgan fingerprint density at radius 1 is 1.33 bits per heavy atom. The van der Waals surface area contributed by atoms with Crippen molar-refractivity contribution in [3.63, 3.8) is 0 Å². The fourth-order valence-electron chi connectivity index (χ4n) is 1.09. The van der Waals surface area contributed by atoms with Crippen molar-refractivity contribution < 1.29 is 21.9 Å². The van der Waals surface area contributed by atoms with E-state index in [-0.39, 0.29) is 5.56 Å². The summed E-state index contributed by atoms with van der Waals surface area (Å²) in [6.07, 6.45) is -3.56. The maximum atomic E-state index is 12.4. The van der Waals surface area contributed by atoms with E-state index in [1.54, 1.807) is 0 Å². The lowest BCUT2D eigenvalue weighted by atomic mass is 10.1. The lowest BCUT2D eigenvalue weighted by Gasteiger charge is -2.09. The molecule has 1 aromatic rings. The summed E-state index contributed by atoms with van der Waals surface area (Å²) < 4.78 is 57.2. The third kappa shape index (κ3) is 3.56. The second kappa shape index (κ2) is 3.86. The smallest absolute Gasteiger partial charge is 0.314 e. The maximum Gasteiger partial charge on any atom is 0.417 e. The van der Waals surface area contributed by atoms with Crippen LogP contribution in [0.2, 0.25) is 0 Å². The molecule has 0 fully saturated rings. The zero-order chi connectivity index (χ0) is 11.7. The van der Waals surface area contributed by atoms with Crippen molar-refractivity contribution >= 4 is 15.2 Å². The molecule has 84 valence electrons. The molecule has 15 heavy (non-hydrogen) atoms. The summed E-state index contributed by atoms with van der Waals surface area (Å²) >= 11 is 0. The van der Waals surface area contributed by atoms with Crippen molar-refractivity contribution in [1.29, 1.82) is 0 Å². The SMILES string of the molecule is CS(=O)(O)=Cc1ccccc1C(F)(F)F. The highest BCUT2D eigenvalue weighted by atomic mass is 32.2. The van der Waals surface area contributed by atoms with Crippen LogP contribution in [0, 0.1) is 0 Å². The first-order chi connectivity index (χ1) is 6.70. The lowest BCUT2D eigenvalue weighted by molar-refractivity contribution is -0.137. The number of halogens is 3. The molecule has 0 bridgehead atoms.